The number of rotatable bonds is 5. The Bertz CT molecular complexity index is 925. The number of carbonyl (C=O) groups excluding carboxylic acids is 1. The fraction of sp³-hybridized carbons (Fsp3) is 0.278. The molecule has 0 aliphatic heterocycles. The molecule has 5 nitrogen and oxygen atoms in total. The van der Waals surface area contributed by atoms with Gasteiger partial charge in [0, 0.05) is 11.8 Å². The van der Waals surface area contributed by atoms with Gasteiger partial charge in [-0.3, -0.25) is 9.10 Å². The van der Waals surface area contributed by atoms with E-state index >= 15 is 0 Å². The molecular weight excluding hydrogens is 362 g/mol. The van der Waals surface area contributed by atoms with E-state index in [1.165, 1.54) is 13.0 Å². The minimum atomic E-state index is -3.76. The van der Waals surface area contributed by atoms with E-state index < -0.39 is 33.6 Å². The first kappa shape index (κ1) is 19.8. The summed E-state index contributed by atoms with van der Waals surface area (Å²) < 4.78 is 51.9. The van der Waals surface area contributed by atoms with Crippen molar-refractivity contribution in [1.29, 1.82) is 0 Å². The van der Waals surface area contributed by atoms with Gasteiger partial charge < -0.3 is 5.32 Å². The fourth-order valence-electron chi connectivity index (χ4n) is 2.71. The second kappa shape index (κ2) is 7.41. The molecule has 0 unspecified atom stereocenters. The van der Waals surface area contributed by atoms with Crippen LogP contribution in [0, 0.1) is 25.5 Å². The fourth-order valence-corrected chi connectivity index (χ4v) is 3.87. The zero-order chi connectivity index (χ0) is 19.6. The second-order valence-electron chi connectivity index (χ2n) is 6.20. The topological polar surface area (TPSA) is 66.5 Å². The second-order valence-corrected chi connectivity index (χ2v) is 8.06. The number of halogens is 2. The molecule has 0 aliphatic carbocycles. The summed E-state index contributed by atoms with van der Waals surface area (Å²) in [6.07, 6.45) is 1.01. The van der Waals surface area contributed by atoms with Crippen LogP contribution in [0.25, 0.3) is 0 Å². The van der Waals surface area contributed by atoms with Gasteiger partial charge >= 0.3 is 0 Å². The van der Waals surface area contributed by atoms with E-state index in [1.54, 1.807) is 12.1 Å². The molecule has 140 valence electrons. The average molecular weight is 382 g/mol. The van der Waals surface area contributed by atoms with Gasteiger partial charge in [0.2, 0.25) is 15.9 Å². The minimum Gasteiger partial charge on any atom is -0.324 e. The summed E-state index contributed by atoms with van der Waals surface area (Å²) in [6.45, 7) is 5.07. The summed E-state index contributed by atoms with van der Waals surface area (Å²) in [5.41, 5.74) is 2.09. The van der Waals surface area contributed by atoms with Crippen LogP contribution in [0.2, 0.25) is 0 Å². The number of nitrogens with zero attached hydrogens (tertiary/aromatic N) is 1. The highest BCUT2D eigenvalue weighted by molar-refractivity contribution is 7.92. The maximum atomic E-state index is 13.3. The van der Waals surface area contributed by atoms with Crippen LogP contribution in [0.5, 0.6) is 0 Å². The normalized spacial score (nSPS) is 12.5. The van der Waals surface area contributed by atoms with Gasteiger partial charge in [-0.15, -0.1) is 0 Å². The molecule has 0 bridgehead atoms. The smallest absolute Gasteiger partial charge is 0.247 e. The third-order valence-corrected chi connectivity index (χ3v) is 4.98. The molecule has 0 fully saturated rings. The molecule has 0 radical (unpaired) electrons. The van der Waals surface area contributed by atoms with Gasteiger partial charge in [0.05, 0.1) is 11.9 Å². The van der Waals surface area contributed by atoms with Gasteiger partial charge in [-0.05, 0) is 56.2 Å². The molecule has 1 amide bonds. The highest BCUT2D eigenvalue weighted by atomic mass is 32.2. The Morgan fingerprint density at radius 3 is 2.12 bits per heavy atom. The predicted molar refractivity (Wildman–Crippen MR) is 97.7 cm³/mol. The summed E-state index contributed by atoms with van der Waals surface area (Å²) in [5.74, 6) is -2.81. The maximum Gasteiger partial charge on any atom is 0.247 e. The molecular formula is C18H20F2N2O3S. The summed E-state index contributed by atoms with van der Waals surface area (Å²) in [7, 11) is -3.76. The van der Waals surface area contributed by atoms with Gasteiger partial charge in [-0.25, -0.2) is 17.2 Å². The van der Waals surface area contributed by atoms with E-state index in [0.29, 0.717) is 5.69 Å². The van der Waals surface area contributed by atoms with E-state index in [0.717, 1.165) is 33.8 Å². The molecule has 0 saturated carbocycles. The van der Waals surface area contributed by atoms with Crippen LogP contribution in [0.3, 0.4) is 0 Å². The number of hydrogen-bond donors (Lipinski definition) is 1. The first-order chi connectivity index (χ1) is 12.0. The summed E-state index contributed by atoms with van der Waals surface area (Å²) in [4.78, 5) is 12.5. The van der Waals surface area contributed by atoms with Crippen molar-refractivity contribution in [2.75, 3.05) is 15.9 Å². The van der Waals surface area contributed by atoms with E-state index in [4.69, 9.17) is 0 Å². The Kier molecular flexibility index (Phi) is 5.65. The van der Waals surface area contributed by atoms with Crippen LogP contribution in [-0.2, 0) is 14.8 Å². The number of hydrogen-bond acceptors (Lipinski definition) is 3. The molecule has 0 heterocycles. The summed E-state index contributed by atoms with van der Waals surface area (Å²) >= 11 is 0. The van der Waals surface area contributed by atoms with E-state index in [2.05, 4.69) is 5.32 Å². The van der Waals surface area contributed by atoms with Crippen molar-refractivity contribution in [2.24, 2.45) is 0 Å². The highest BCUT2D eigenvalue weighted by Crippen LogP contribution is 2.24. The van der Waals surface area contributed by atoms with Gasteiger partial charge in [-0.1, -0.05) is 6.07 Å². The quantitative estimate of drug-likeness (QED) is 0.862. The van der Waals surface area contributed by atoms with Crippen LogP contribution < -0.4 is 9.62 Å². The molecule has 2 aromatic carbocycles. The predicted octanol–water partition coefficient (Wildman–Crippen LogP) is 3.37. The zero-order valence-corrected chi connectivity index (χ0v) is 15.7. The summed E-state index contributed by atoms with van der Waals surface area (Å²) in [6, 6.07) is 7.03. The lowest BCUT2D eigenvalue weighted by Gasteiger charge is -2.28. The Hall–Kier alpha value is -2.48. The van der Waals surface area contributed by atoms with Crippen molar-refractivity contribution in [3.8, 4) is 0 Å². The third-order valence-electron chi connectivity index (χ3n) is 3.74. The number of anilines is 2. The van der Waals surface area contributed by atoms with Gasteiger partial charge in [0.1, 0.15) is 6.04 Å². The number of aryl methyl sites for hydroxylation is 2. The van der Waals surface area contributed by atoms with E-state index in [9.17, 15) is 22.0 Å². The molecule has 2 aromatic rings. The maximum absolute atomic E-state index is 13.3. The molecule has 1 atom stereocenters. The standard InChI is InChI=1S/C18H20F2N2O3S/c1-11-7-12(2)9-15(8-11)22(26(4,24)25)13(3)18(23)21-14-5-6-16(19)17(20)10-14/h5-10,13H,1-4H3,(H,21,23)/t13-/m0/s1. The van der Waals surface area contributed by atoms with Crippen LogP contribution in [0.1, 0.15) is 18.1 Å². The zero-order valence-electron chi connectivity index (χ0n) is 14.9. The number of amides is 1. The van der Waals surface area contributed by atoms with Crippen molar-refractivity contribution in [3.05, 3.63) is 59.2 Å². The van der Waals surface area contributed by atoms with Crippen molar-refractivity contribution in [3.63, 3.8) is 0 Å². The Morgan fingerprint density at radius 1 is 1.04 bits per heavy atom. The van der Waals surface area contributed by atoms with Gasteiger partial charge in [0.15, 0.2) is 11.6 Å². The number of sulfonamides is 1. The van der Waals surface area contributed by atoms with Crippen LogP contribution >= 0.6 is 0 Å². The molecule has 8 heteroatoms. The van der Waals surface area contributed by atoms with Crippen LogP contribution in [0.15, 0.2) is 36.4 Å². The molecule has 0 spiro atoms. The van der Waals surface area contributed by atoms with Crippen molar-refractivity contribution in [2.45, 2.75) is 26.8 Å². The Balaban J connectivity index is 2.35. The Labute approximate surface area is 151 Å². The SMILES string of the molecule is Cc1cc(C)cc(N([C@@H](C)C(=O)Nc2ccc(F)c(F)c2)S(C)(=O)=O)c1. The van der Waals surface area contributed by atoms with Gasteiger partial charge in [0.25, 0.3) is 0 Å². The van der Waals surface area contributed by atoms with Crippen LogP contribution in [-0.4, -0.2) is 26.6 Å². The van der Waals surface area contributed by atoms with E-state index in [-0.39, 0.29) is 5.69 Å². The van der Waals surface area contributed by atoms with E-state index in [1.807, 2.05) is 19.9 Å². The largest absolute Gasteiger partial charge is 0.324 e. The average Bonchev–Trinajstić information content (AvgIpc) is 2.48. The lowest BCUT2D eigenvalue weighted by atomic mass is 10.1. The lowest BCUT2D eigenvalue weighted by Crippen LogP contribution is -2.45. The van der Waals surface area contributed by atoms with Crippen molar-refractivity contribution in [1.82, 2.24) is 0 Å². The minimum absolute atomic E-state index is 0.0367. The molecule has 0 aliphatic rings. The van der Waals surface area contributed by atoms with Crippen LogP contribution in [0.4, 0.5) is 20.2 Å². The molecule has 1 N–H and O–H groups in total. The molecule has 0 saturated heterocycles. The molecule has 26 heavy (non-hydrogen) atoms. The first-order valence-corrected chi connectivity index (χ1v) is 9.67. The summed E-state index contributed by atoms with van der Waals surface area (Å²) in [5, 5.41) is 2.41. The van der Waals surface area contributed by atoms with Gasteiger partial charge in [-0.2, -0.15) is 0 Å². The number of nitrogens with one attached hydrogen (secondary N) is 1. The third kappa shape index (κ3) is 4.57. The molecule has 2 rings (SSSR count). The highest BCUT2D eigenvalue weighted by Gasteiger charge is 2.29. The van der Waals surface area contributed by atoms with Crippen molar-refractivity contribution >= 4 is 27.3 Å². The number of benzene rings is 2. The Morgan fingerprint density at radius 2 is 1.62 bits per heavy atom. The van der Waals surface area contributed by atoms with Crippen molar-refractivity contribution < 1.29 is 22.0 Å². The first-order valence-electron chi connectivity index (χ1n) is 7.82. The lowest BCUT2D eigenvalue weighted by molar-refractivity contribution is -0.116. The number of carbonyl (C=O) groups is 1. The molecule has 0 aromatic heterocycles. The monoisotopic (exact) mass is 382 g/mol.